The van der Waals surface area contributed by atoms with Gasteiger partial charge in [0.1, 0.15) is 5.41 Å². The molecule has 1 aliphatic carbocycles. The van der Waals surface area contributed by atoms with Crippen molar-refractivity contribution in [3.8, 4) is 6.07 Å². The van der Waals surface area contributed by atoms with E-state index in [1.54, 1.807) is 0 Å². The molecule has 1 saturated heterocycles. The van der Waals surface area contributed by atoms with Gasteiger partial charge in [0, 0.05) is 13.1 Å². The Kier molecular flexibility index (Phi) is 2.41. The molecule has 1 saturated carbocycles. The quantitative estimate of drug-likeness (QED) is 0.596. The summed E-state index contributed by atoms with van der Waals surface area (Å²) in [7, 11) is 0. The summed E-state index contributed by atoms with van der Waals surface area (Å²) in [6.45, 7) is 0.285. The first-order chi connectivity index (χ1) is 7.09. The van der Waals surface area contributed by atoms with E-state index in [1.807, 2.05) is 0 Å². The van der Waals surface area contributed by atoms with Crippen molar-refractivity contribution in [3.05, 3.63) is 0 Å². The summed E-state index contributed by atoms with van der Waals surface area (Å²) in [5.41, 5.74) is -0.871. The molecule has 2 N–H and O–H groups in total. The lowest BCUT2D eigenvalue weighted by Gasteiger charge is -2.36. The topological polar surface area (TPSA) is 84.6 Å². The molecule has 0 spiro atoms. The van der Waals surface area contributed by atoms with Gasteiger partial charge in [-0.2, -0.15) is 5.26 Å². The standard InChI is InChI=1S/C10H14N2O3/c11-6-10(2-1-3-10)9(15)12-4-7(13)8(14)5-12/h7-8,13-14H,1-5H2. The third kappa shape index (κ3) is 1.50. The number of hydrogen-bond acceptors (Lipinski definition) is 4. The van der Waals surface area contributed by atoms with Crippen LogP contribution in [0.25, 0.3) is 0 Å². The molecule has 5 heteroatoms. The van der Waals surface area contributed by atoms with Gasteiger partial charge < -0.3 is 15.1 Å². The lowest BCUT2D eigenvalue weighted by Crippen LogP contribution is -2.46. The smallest absolute Gasteiger partial charge is 0.243 e. The van der Waals surface area contributed by atoms with Crippen molar-refractivity contribution in [2.24, 2.45) is 5.41 Å². The number of rotatable bonds is 1. The van der Waals surface area contributed by atoms with Crippen LogP contribution in [0.5, 0.6) is 0 Å². The first-order valence-corrected chi connectivity index (χ1v) is 5.16. The van der Waals surface area contributed by atoms with Crippen LogP contribution >= 0.6 is 0 Å². The fourth-order valence-electron chi connectivity index (χ4n) is 2.14. The molecule has 2 fully saturated rings. The molecule has 0 radical (unpaired) electrons. The second-order valence-electron chi connectivity index (χ2n) is 4.39. The van der Waals surface area contributed by atoms with Gasteiger partial charge in [0.15, 0.2) is 0 Å². The normalized spacial score (nSPS) is 33.3. The predicted molar refractivity (Wildman–Crippen MR) is 50.5 cm³/mol. The van der Waals surface area contributed by atoms with E-state index < -0.39 is 17.6 Å². The molecule has 1 heterocycles. The van der Waals surface area contributed by atoms with E-state index in [0.717, 1.165) is 6.42 Å². The van der Waals surface area contributed by atoms with Gasteiger partial charge in [-0.25, -0.2) is 0 Å². The number of carbonyl (C=O) groups is 1. The third-order valence-electron chi connectivity index (χ3n) is 3.38. The number of hydrogen-bond donors (Lipinski definition) is 2. The van der Waals surface area contributed by atoms with Crippen LogP contribution in [0, 0.1) is 16.7 Å². The number of carbonyl (C=O) groups excluding carboxylic acids is 1. The molecular weight excluding hydrogens is 196 g/mol. The van der Waals surface area contributed by atoms with Crippen LogP contribution in [0.15, 0.2) is 0 Å². The van der Waals surface area contributed by atoms with Crippen LogP contribution < -0.4 is 0 Å². The van der Waals surface area contributed by atoms with Gasteiger partial charge in [-0.3, -0.25) is 4.79 Å². The van der Waals surface area contributed by atoms with E-state index in [0.29, 0.717) is 12.8 Å². The fraction of sp³-hybridized carbons (Fsp3) is 0.800. The van der Waals surface area contributed by atoms with Gasteiger partial charge >= 0.3 is 0 Å². The second-order valence-corrected chi connectivity index (χ2v) is 4.39. The molecule has 2 atom stereocenters. The van der Waals surface area contributed by atoms with Gasteiger partial charge in [-0.15, -0.1) is 0 Å². The summed E-state index contributed by atoms with van der Waals surface area (Å²) >= 11 is 0. The monoisotopic (exact) mass is 210 g/mol. The largest absolute Gasteiger partial charge is 0.388 e. The zero-order valence-electron chi connectivity index (χ0n) is 8.39. The minimum absolute atomic E-state index is 0.142. The van der Waals surface area contributed by atoms with Crippen LogP contribution in [0.3, 0.4) is 0 Å². The van der Waals surface area contributed by atoms with E-state index in [2.05, 4.69) is 6.07 Å². The fourth-order valence-corrected chi connectivity index (χ4v) is 2.14. The Bertz CT molecular complexity index is 309. The summed E-state index contributed by atoms with van der Waals surface area (Å²) < 4.78 is 0. The minimum atomic E-state index is -0.871. The lowest BCUT2D eigenvalue weighted by atomic mass is 9.69. The van der Waals surface area contributed by atoms with E-state index in [1.165, 1.54) is 4.90 Å². The lowest BCUT2D eigenvalue weighted by molar-refractivity contribution is -0.142. The minimum Gasteiger partial charge on any atom is -0.388 e. The first kappa shape index (κ1) is 10.4. The highest BCUT2D eigenvalue weighted by atomic mass is 16.3. The molecule has 82 valence electrons. The molecule has 1 amide bonds. The van der Waals surface area contributed by atoms with Crippen LogP contribution in [0.4, 0.5) is 0 Å². The summed E-state index contributed by atoms with van der Waals surface area (Å²) in [4.78, 5) is 13.4. The number of β-amino-alcohol motifs (C(OH)–C–C–N with tert-alkyl or cyclic N) is 2. The van der Waals surface area contributed by atoms with Crippen molar-refractivity contribution in [1.82, 2.24) is 4.90 Å². The average molecular weight is 210 g/mol. The van der Waals surface area contributed by atoms with Crippen LogP contribution in [-0.4, -0.2) is 46.3 Å². The predicted octanol–water partition coefficient (Wildman–Crippen LogP) is -0.756. The Hall–Kier alpha value is -1.12. The molecule has 1 aliphatic heterocycles. The Morgan fingerprint density at radius 2 is 1.87 bits per heavy atom. The van der Waals surface area contributed by atoms with Crippen molar-refractivity contribution in [2.75, 3.05) is 13.1 Å². The highest BCUT2D eigenvalue weighted by Crippen LogP contribution is 2.42. The zero-order chi connectivity index (χ0) is 11.1. The molecule has 15 heavy (non-hydrogen) atoms. The van der Waals surface area contributed by atoms with E-state index in [-0.39, 0.29) is 19.0 Å². The summed E-state index contributed by atoms with van der Waals surface area (Å²) in [6.07, 6.45) is 0.364. The van der Waals surface area contributed by atoms with Gasteiger partial charge in [0.2, 0.25) is 5.91 Å². The Morgan fingerprint density at radius 1 is 1.33 bits per heavy atom. The number of aliphatic hydroxyl groups excluding tert-OH is 2. The molecule has 2 unspecified atom stereocenters. The first-order valence-electron chi connectivity index (χ1n) is 5.16. The third-order valence-corrected chi connectivity index (χ3v) is 3.38. The number of aliphatic hydroxyl groups is 2. The molecular formula is C10H14N2O3. The SMILES string of the molecule is N#CC1(C(=O)N2CC(O)C(O)C2)CCC1. The van der Waals surface area contributed by atoms with Gasteiger partial charge in [0.25, 0.3) is 0 Å². The van der Waals surface area contributed by atoms with E-state index in [9.17, 15) is 15.0 Å². The van der Waals surface area contributed by atoms with Gasteiger partial charge in [-0.1, -0.05) is 0 Å². The molecule has 2 rings (SSSR count). The Labute approximate surface area is 87.9 Å². The van der Waals surface area contributed by atoms with Crippen molar-refractivity contribution in [1.29, 1.82) is 5.26 Å². The molecule has 5 nitrogen and oxygen atoms in total. The highest BCUT2D eigenvalue weighted by molar-refractivity contribution is 5.86. The van der Waals surface area contributed by atoms with Crippen molar-refractivity contribution in [2.45, 2.75) is 31.5 Å². The van der Waals surface area contributed by atoms with Gasteiger partial charge in [-0.05, 0) is 19.3 Å². The van der Waals surface area contributed by atoms with Crippen molar-refractivity contribution in [3.63, 3.8) is 0 Å². The van der Waals surface area contributed by atoms with Crippen LogP contribution in [-0.2, 0) is 4.79 Å². The summed E-state index contributed by atoms with van der Waals surface area (Å²) in [5.74, 6) is -0.230. The maximum atomic E-state index is 12.0. The maximum Gasteiger partial charge on any atom is 0.243 e. The van der Waals surface area contributed by atoms with Crippen LogP contribution in [0.1, 0.15) is 19.3 Å². The molecule has 2 aliphatic rings. The molecule has 0 aromatic rings. The van der Waals surface area contributed by atoms with E-state index in [4.69, 9.17) is 5.26 Å². The van der Waals surface area contributed by atoms with Crippen molar-refractivity contribution >= 4 is 5.91 Å². The van der Waals surface area contributed by atoms with Crippen LogP contribution in [0.2, 0.25) is 0 Å². The summed E-state index contributed by atoms with van der Waals surface area (Å²) in [5, 5.41) is 27.6. The molecule has 0 aromatic heterocycles. The number of nitriles is 1. The van der Waals surface area contributed by atoms with Gasteiger partial charge in [0.05, 0.1) is 18.3 Å². The number of amides is 1. The zero-order valence-corrected chi connectivity index (χ0v) is 8.39. The number of nitrogens with zero attached hydrogens (tertiary/aromatic N) is 2. The van der Waals surface area contributed by atoms with Crippen molar-refractivity contribution < 1.29 is 15.0 Å². The molecule has 0 bridgehead atoms. The second kappa shape index (κ2) is 3.47. The highest BCUT2D eigenvalue weighted by Gasteiger charge is 2.49. The number of likely N-dealkylation sites (tertiary alicyclic amines) is 1. The Morgan fingerprint density at radius 3 is 2.20 bits per heavy atom. The summed E-state index contributed by atoms with van der Waals surface area (Å²) in [6, 6.07) is 2.07. The molecule has 0 aromatic carbocycles. The van der Waals surface area contributed by atoms with E-state index >= 15 is 0 Å². The maximum absolute atomic E-state index is 12.0. The average Bonchev–Trinajstić information content (AvgIpc) is 2.46. The Balaban J connectivity index is 2.06.